The first-order valence-corrected chi connectivity index (χ1v) is 7.12. The van der Waals surface area contributed by atoms with Crippen molar-refractivity contribution >= 4 is 23.2 Å². The van der Waals surface area contributed by atoms with Gasteiger partial charge in [0, 0.05) is 12.6 Å². The fourth-order valence-corrected chi connectivity index (χ4v) is 3.35. The summed E-state index contributed by atoms with van der Waals surface area (Å²) < 4.78 is 1.84. The maximum Gasteiger partial charge on any atom is 0.180 e. The Bertz CT molecular complexity index is 579. The average Bonchev–Trinajstić information content (AvgIpc) is 2.99. The van der Waals surface area contributed by atoms with Crippen LogP contribution in [0.2, 0.25) is 10.3 Å². The quantitative estimate of drug-likeness (QED) is 0.791. The van der Waals surface area contributed by atoms with Crippen LogP contribution < -0.4 is 0 Å². The zero-order valence-electron chi connectivity index (χ0n) is 10.6. The van der Waals surface area contributed by atoms with Gasteiger partial charge in [-0.15, -0.1) is 0 Å². The fraction of sp³-hybridized carbons (Fsp3) is 0.462. The number of aromatic nitrogens is 4. The molecule has 0 aromatic carbocycles. The molecule has 6 heteroatoms. The maximum atomic E-state index is 6.32. The van der Waals surface area contributed by atoms with E-state index in [1.807, 2.05) is 11.6 Å². The van der Waals surface area contributed by atoms with Crippen LogP contribution in [0.15, 0.2) is 12.5 Å². The lowest BCUT2D eigenvalue weighted by molar-refractivity contribution is 0.714. The maximum absolute atomic E-state index is 6.32. The smallest absolute Gasteiger partial charge is 0.180 e. The van der Waals surface area contributed by atoms with Gasteiger partial charge in [0.1, 0.15) is 16.0 Å². The van der Waals surface area contributed by atoms with Crippen LogP contribution in [0.3, 0.4) is 0 Å². The lowest BCUT2D eigenvalue weighted by atomic mass is 10.0. The fourth-order valence-electron chi connectivity index (χ4n) is 2.66. The minimum Gasteiger partial charge on any atom is -0.331 e. The van der Waals surface area contributed by atoms with Crippen LogP contribution in [0.5, 0.6) is 0 Å². The van der Waals surface area contributed by atoms with E-state index >= 15 is 0 Å². The van der Waals surface area contributed by atoms with Gasteiger partial charge in [0.05, 0.1) is 12.5 Å². The molecule has 1 aliphatic rings. The molecule has 0 N–H and O–H groups in total. The van der Waals surface area contributed by atoms with Crippen molar-refractivity contribution in [2.75, 3.05) is 0 Å². The second-order valence-electron chi connectivity index (χ2n) is 4.91. The highest BCUT2D eigenvalue weighted by molar-refractivity contribution is 6.34. The number of imidazole rings is 1. The highest BCUT2D eigenvalue weighted by Gasteiger charge is 2.25. The first-order chi connectivity index (χ1) is 9.16. The predicted molar refractivity (Wildman–Crippen MR) is 75.5 cm³/mol. The molecule has 4 nitrogen and oxygen atoms in total. The second-order valence-corrected chi connectivity index (χ2v) is 5.63. The standard InChI is InChI=1S/C13H14Cl2N4/c1-19-7-16-6-9(19)13-17-11(14)10(12(15)18-13)8-4-2-3-5-8/h6-8H,2-5H2,1H3. The molecule has 2 heterocycles. The van der Waals surface area contributed by atoms with Crippen molar-refractivity contribution in [3.63, 3.8) is 0 Å². The normalized spacial score (nSPS) is 16.2. The van der Waals surface area contributed by atoms with Gasteiger partial charge < -0.3 is 4.57 Å². The third-order valence-corrected chi connectivity index (χ3v) is 4.24. The van der Waals surface area contributed by atoms with E-state index in [2.05, 4.69) is 15.0 Å². The second kappa shape index (κ2) is 5.10. The molecule has 0 bridgehead atoms. The highest BCUT2D eigenvalue weighted by Crippen LogP contribution is 2.40. The van der Waals surface area contributed by atoms with E-state index in [1.165, 1.54) is 12.8 Å². The third-order valence-electron chi connectivity index (χ3n) is 3.66. The molecule has 2 aromatic heterocycles. The molecule has 0 spiro atoms. The van der Waals surface area contributed by atoms with Crippen molar-refractivity contribution in [2.45, 2.75) is 31.6 Å². The topological polar surface area (TPSA) is 43.6 Å². The first-order valence-electron chi connectivity index (χ1n) is 6.36. The number of halogens is 2. The molecule has 1 fully saturated rings. The van der Waals surface area contributed by atoms with Gasteiger partial charge in [-0.05, 0) is 18.8 Å². The Hall–Kier alpha value is -1.13. The summed E-state index contributed by atoms with van der Waals surface area (Å²) in [5.74, 6) is 0.928. The lowest BCUT2D eigenvalue weighted by Gasteiger charge is -2.13. The number of hydrogen-bond donors (Lipinski definition) is 0. The zero-order chi connectivity index (χ0) is 13.4. The molecule has 0 saturated heterocycles. The molecule has 0 aliphatic heterocycles. The average molecular weight is 297 g/mol. The van der Waals surface area contributed by atoms with Gasteiger partial charge in [-0.25, -0.2) is 15.0 Å². The van der Waals surface area contributed by atoms with Gasteiger partial charge in [-0.2, -0.15) is 0 Å². The van der Waals surface area contributed by atoms with E-state index < -0.39 is 0 Å². The summed E-state index contributed by atoms with van der Waals surface area (Å²) in [6, 6.07) is 0. The van der Waals surface area contributed by atoms with Gasteiger partial charge in [0.25, 0.3) is 0 Å². The van der Waals surface area contributed by atoms with E-state index in [0.29, 0.717) is 22.0 Å². The van der Waals surface area contributed by atoms with E-state index in [4.69, 9.17) is 23.2 Å². The summed E-state index contributed by atoms with van der Waals surface area (Å²) in [5, 5.41) is 0.950. The van der Waals surface area contributed by atoms with Crippen molar-refractivity contribution in [3.05, 3.63) is 28.4 Å². The Kier molecular flexibility index (Phi) is 3.46. The Morgan fingerprint density at radius 2 is 1.79 bits per heavy atom. The SMILES string of the molecule is Cn1cncc1-c1nc(Cl)c(C2CCCC2)c(Cl)n1. The van der Waals surface area contributed by atoms with Gasteiger partial charge in [-0.3, -0.25) is 0 Å². The van der Waals surface area contributed by atoms with Crippen molar-refractivity contribution in [1.82, 2.24) is 19.5 Å². The van der Waals surface area contributed by atoms with Crippen LogP contribution in [0.25, 0.3) is 11.5 Å². The van der Waals surface area contributed by atoms with Gasteiger partial charge in [0.15, 0.2) is 5.82 Å². The van der Waals surface area contributed by atoms with E-state index in [-0.39, 0.29) is 0 Å². The van der Waals surface area contributed by atoms with Crippen molar-refractivity contribution in [1.29, 1.82) is 0 Å². The molecule has 19 heavy (non-hydrogen) atoms. The van der Waals surface area contributed by atoms with Crippen molar-refractivity contribution in [2.24, 2.45) is 7.05 Å². The van der Waals surface area contributed by atoms with Crippen LogP contribution >= 0.6 is 23.2 Å². The molecule has 100 valence electrons. The Morgan fingerprint density at radius 3 is 2.32 bits per heavy atom. The molecular weight excluding hydrogens is 283 g/mol. The minimum atomic E-state index is 0.403. The molecule has 0 amide bonds. The third kappa shape index (κ3) is 2.35. The van der Waals surface area contributed by atoms with Gasteiger partial charge >= 0.3 is 0 Å². The Morgan fingerprint density at radius 1 is 1.16 bits per heavy atom. The highest BCUT2D eigenvalue weighted by atomic mass is 35.5. The molecule has 1 saturated carbocycles. The van der Waals surface area contributed by atoms with Crippen LogP contribution in [0.4, 0.5) is 0 Å². The summed E-state index contributed by atoms with van der Waals surface area (Å²) in [6.07, 6.45) is 8.09. The largest absolute Gasteiger partial charge is 0.331 e. The summed E-state index contributed by atoms with van der Waals surface area (Å²) in [7, 11) is 1.89. The van der Waals surface area contributed by atoms with Crippen LogP contribution in [0.1, 0.15) is 37.2 Å². The number of aryl methyl sites for hydroxylation is 1. The van der Waals surface area contributed by atoms with E-state index in [1.54, 1.807) is 12.5 Å². The van der Waals surface area contributed by atoms with Crippen LogP contribution in [-0.4, -0.2) is 19.5 Å². The molecule has 0 atom stereocenters. The molecule has 0 unspecified atom stereocenters. The number of hydrogen-bond acceptors (Lipinski definition) is 3. The molecule has 2 aromatic rings. The van der Waals surface area contributed by atoms with Gasteiger partial charge in [0.2, 0.25) is 0 Å². The molecule has 0 radical (unpaired) electrons. The van der Waals surface area contributed by atoms with Crippen LogP contribution in [-0.2, 0) is 7.05 Å². The molecule has 3 rings (SSSR count). The zero-order valence-corrected chi connectivity index (χ0v) is 12.1. The Labute approximate surface area is 121 Å². The molecule has 1 aliphatic carbocycles. The Balaban J connectivity index is 2.05. The summed E-state index contributed by atoms with van der Waals surface area (Å²) >= 11 is 12.6. The van der Waals surface area contributed by atoms with Crippen molar-refractivity contribution in [3.8, 4) is 11.5 Å². The predicted octanol–water partition coefficient (Wildman–Crippen LogP) is 3.84. The summed E-state index contributed by atoms with van der Waals surface area (Å²) in [6.45, 7) is 0. The summed E-state index contributed by atoms with van der Waals surface area (Å²) in [4.78, 5) is 12.8. The van der Waals surface area contributed by atoms with Crippen molar-refractivity contribution < 1.29 is 0 Å². The first kappa shape index (κ1) is 12.9. The molecular formula is C13H14Cl2N4. The van der Waals surface area contributed by atoms with Crippen LogP contribution in [0, 0.1) is 0 Å². The van der Waals surface area contributed by atoms with E-state index in [9.17, 15) is 0 Å². The lowest BCUT2D eigenvalue weighted by Crippen LogP contribution is -2.03. The number of nitrogens with zero attached hydrogens (tertiary/aromatic N) is 4. The number of rotatable bonds is 2. The summed E-state index contributed by atoms with van der Waals surface area (Å²) in [5.41, 5.74) is 1.72. The minimum absolute atomic E-state index is 0.403. The van der Waals surface area contributed by atoms with E-state index in [0.717, 1.165) is 24.1 Å². The monoisotopic (exact) mass is 296 g/mol. The van der Waals surface area contributed by atoms with Gasteiger partial charge in [-0.1, -0.05) is 36.0 Å².